The van der Waals surface area contributed by atoms with Crippen LogP contribution in [0.15, 0.2) is 18.2 Å². The number of carbonyl (C=O) groups excluding carboxylic acids is 1. The fourth-order valence-corrected chi connectivity index (χ4v) is 2.11. The number of halogens is 2. The molecule has 0 heterocycles. The zero-order valence-corrected chi connectivity index (χ0v) is 12.2. The third-order valence-electron chi connectivity index (χ3n) is 2.26. The average molecular weight is 336 g/mol. The Morgan fingerprint density at radius 2 is 2.22 bits per heavy atom. The highest BCUT2D eigenvalue weighted by Crippen LogP contribution is 2.24. The second-order valence-electron chi connectivity index (χ2n) is 3.89. The van der Waals surface area contributed by atoms with Gasteiger partial charge in [0.1, 0.15) is 5.56 Å². The van der Waals surface area contributed by atoms with Crippen LogP contribution in [0, 0.1) is 10.1 Å². The van der Waals surface area contributed by atoms with Crippen LogP contribution in [-0.2, 0) is 0 Å². The summed E-state index contributed by atoms with van der Waals surface area (Å²) < 4.78 is 0. The molecule has 0 saturated carbocycles. The van der Waals surface area contributed by atoms with Gasteiger partial charge in [-0.15, -0.1) is 0 Å². The van der Waals surface area contributed by atoms with Crippen LogP contribution in [0.25, 0.3) is 0 Å². The van der Waals surface area contributed by atoms with E-state index in [0.717, 1.165) is 0 Å². The Hall–Kier alpha value is -1.14. The summed E-state index contributed by atoms with van der Waals surface area (Å²) in [5.41, 5.74) is -0.235. The first-order valence-electron chi connectivity index (χ1n) is 5.16. The second-order valence-corrected chi connectivity index (χ2v) is 5.88. The van der Waals surface area contributed by atoms with Crippen molar-refractivity contribution in [2.24, 2.45) is 0 Å². The van der Waals surface area contributed by atoms with Gasteiger partial charge in [-0.2, -0.15) is 0 Å². The Morgan fingerprint density at radius 1 is 1.61 bits per heavy atom. The maximum atomic E-state index is 12.1. The number of benzene rings is 1. The van der Waals surface area contributed by atoms with E-state index < -0.39 is 10.8 Å². The lowest BCUT2D eigenvalue weighted by Gasteiger charge is -2.18. The molecule has 1 unspecified atom stereocenters. The molecule has 0 aliphatic rings. The van der Waals surface area contributed by atoms with Crippen LogP contribution < -0.4 is 0 Å². The maximum absolute atomic E-state index is 12.1. The molecule has 18 heavy (non-hydrogen) atoms. The van der Waals surface area contributed by atoms with Crippen LogP contribution in [0.3, 0.4) is 0 Å². The van der Waals surface area contributed by atoms with Crippen LogP contribution >= 0.6 is 27.5 Å². The zero-order chi connectivity index (χ0) is 13.9. The summed E-state index contributed by atoms with van der Waals surface area (Å²) in [6.07, 6.45) is 0. The highest BCUT2D eigenvalue weighted by atomic mass is 79.9. The molecule has 0 bridgehead atoms. The Kier molecular flexibility index (Phi) is 5.10. The minimum atomic E-state index is -0.588. The molecule has 1 atom stereocenters. The van der Waals surface area contributed by atoms with E-state index in [1.54, 1.807) is 7.05 Å². The van der Waals surface area contributed by atoms with Crippen LogP contribution in [0.1, 0.15) is 17.3 Å². The fourth-order valence-electron chi connectivity index (χ4n) is 1.50. The molecule has 98 valence electrons. The summed E-state index contributed by atoms with van der Waals surface area (Å²) >= 11 is 9.10. The zero-order valence-electron chi connectivity index (χ0n) is 9.89. The third-order valence-corrected chi connectivity index (χ3v) is 2.78. The molecular weight excluding hydrogens is 323 g/mol. The molecule has 0 aromatic heterocycles. The molecule has 0 fully saturated rings. The smallest absolute Gasteiger partial charge is 0.282 e. The first-order valence-corrected chi connectivity index (χ1v) is 6.45. The van der Waals surface area contributed by atoms with Crippen molar-refractivity contribution >= 4 is 39.1 Å². The van der Waals surface area contributed by atoms with Crippen LogP contribution in [0.5, 0.6) is 0 Å². The first-order chi connectivity index (χ1) is 8.32. The number of hydrogen-bond donors (Lipinski definition) is 0. The number of nitro benzene ring substituents is 1. The van der Waals surface area contributed by atoms with E-state index in [1.807, 2.05) is 6.92 Å². The minimum Gasteiger partial charge on any atom is -0.340 e. The lowest BCUT2D eigenvalue weighted by Crippen LogP contribution is -2.31. The molecule has 1 amide bonds. The van der Waals surface area contributed by atoms with E-state index in [4.69, 9.17) is 11.6 Å². The fraction of sp³-hybridized carbons (Fsp3) is 0.364. The predicted octanol–water partition coefficient (Wildman–Crippen LogP) is 3.10. The van der Waals surface area contributed by atoms with Gasteiger partial charge in [0.2, 0.25) is 0 Å². The maximum Gasteiger partial charge on any atom is 0.282 e. The van der Waals surface area contributed by atoms with Crippen molar-refractivity contribution in [2.75, 3.05) is 13.6 Å². The molecule has 0 aliphatic carbocycles. The number of nitrogens with zero attached hydrogens (tertiary/aromatic N) is 2. The molecule has 0 saturated heterocycles. The molecule has 1 aromatic carbocycles. The van der Waals surface area contributed by atoms with Gasteiger partial charge in [-0.25, -0.2) is 0 Å². The number of rotatable bonds is 4. The Labute approximate surface area is 118 Å². The van der Waals surface area contributed by atoms with Crippen molar-refractivity contribution in [3.05, 3.63) is 38.9 Å². The van der Waals surface area contributed by atoms with Gasteiger partial charge in [0.25, 0.3) is 11.6 Å². The molecule has 0 N–H and O–H groups in total. The number of amides is 1. The van der Waals surface area contributed by atoms with Gasteiger partial charge < -0.3 is 4.90 Å². The van der Waals surface area contributed by atoms with Gasteiger partial charge in [0.15, 0.2) is 0 Å². The van der Waals surface area contributed by atoms with E-state index in [1.165, 1.54) is 23.1 Å². The first kappa shape index (κ1) is 14.9. The quantitative estimate of drug-likeness (QED) is 0.482. The SMILES string of the molecule is CC(Br)CN(C)C(=O)c1cc(Cl)ccc1[N+](=O)[O-]. The van der Waals surface area contributed by atoms with Crippen molar-refractivity contribution in [1.29, 1.82) is 0 Å². The second kappa shape index (κ2) is 6.15. The summed E-state index contributed by atoms with van der Waals surface area (Å²) in [4.78, 5) is 23.9. The van der Waals surface area contributed by atoms with Crippen molar-refractivity contribution in [1.82, 2.24) is 4.90 Å². The largest absolute Gasteiger partial charge is 0.340 e. The summed E-state index contributed by atoms with van der Waals surface area (Å²) in [6, 6.07) is 3.95. The van der Waals surface area contributed by atoms with Gasteiger partial charge in [-0.1, -0.05) is 34.5 Å². The van der Waals surface area contributed by atoms with Gasteiger partial charge >= 0.3 is 0 Å². The Morgan fingerprint density at radius 3 is 2.72 bits per heavy atom. The van der Waals surface area contributed by atoms with E-state index >= 15 is 0 Å². The highest BCUT2D eigenvalue weighted by molar-refractivity contribution is 9.09. The molecule has 5 nitrogen and oxygen atoms in total. The number of hydrogen-bond acceptors (Lipinski definition) is 3. The summed E-state index contributed by atoms with van der Waals surface area (Å²) in [5, 5.41) is 11.2. The van der Waals surface area contributed by atoms with Crippen molar-refractivity contribution < 1.29 is 9.72 Å². The Bertz CT molecular complexity index is 479. The molecule has 1 aromatic rings. The molecule has 0 radical (unpaired) electrons. The van der Waals surface area contributed by atoms with E-state index in [0.29, 0.717) is 11.6 Å². The highest BCUT2D eigenvalue weighted by Gasteiger charge is 2.23. The molecule has 1 rings (SSSR count). The van der Waals surface area contributed by atoms with E-state index in [9.17, 15) is 14.9 Å². The lowest BCUT2D eigenvalue weighted by atomic mass is 10.1. The van der Waals surface area contributed by atoms with Crippen LogP contribution in [0.4, 0.5) is 5.69 Å². The summed E-state index contributed by atoms with van der Waals surface area (Å²) in [6.45, 7) is 2.33. The number of nitro groups is 1. The molecular formula is C11H12BrClN2O3. The summed E-state index contributed by atoms with van der Waals surface area (Å²) in [5.74, 6) is -0.421. The molecule has 7 heteroatoms. The topological polar surface area (TPSA) is 63.5 Å². The van der Waals surface area contributed by atoms with Gasteiger partial charge in [0.05, 0.1) is 4.92 Å². The van der Waals surface area contributed by atoms with E-state index in [-0.39, 0.29) is 16.1 Å². The number of carbonyl (C=O) groups is 1. The standard InChI is InChI=1S/C11H12BrClN2O3/c1-7(12)6-14(2)11(16)9-5-8(13)3-4-10(9)15(17)18/h3-5,7H,6H2,1-2H3. The number of alkyl halides is 1. The van der Waals surface area contributed by atoms with Gasteiger partial charge in [0, 0.05) is 29.5 Å². The molecule has 0 aliphatic heterocycles. The van der Waals surface area contributed by atoms with Gasteiger partial charge in [-0.05, 0) is 12.1 Å². The van der Waals surface area contributed by atoms with Crippen molar-refractivity contribution in [2.45, 2.75) is 11.8 Å². The normalized spacial score (nSPS) is 12.0. The summed E-state index contributed by atoms with van der Waals surface area (Å²) in [7, 11) is 1.59. The lowest BCUT2D eigenvalue weighted by molar-refractivity contribution is -0.385. The van der Waals surface area contributed by atoms with Gasteiger partial charge in [-0.3, -0.25) is 14.9 Å². The van der Waals surface area contributed by atoms with E-state index in [2.05, 4.69) is 15.9 Å². The van der Waals surface area contributed by atoms with Crippen LogP contribution in [-0.4, -0.2) is 34.2 Å². The average Bonchev–Trinajstić information content (AvgIpc) is 2.26. The Balaban J connectivity index is 3.11. The third kappa shape index (κ3) is 3.68. The predicted molar refractivity (Wildman–Crippen MR) is 73.5 cm³/mol. The minimum absolute atomic E-state index is 0.00292. The van der Waals surface area contributed by atoms with Crippen molar-refractivity contribution in [3.63, 3.8) is 0 Å². The van der Waals surface area contributed by atoms with Crippen molar-refractivity contribution in [3.8, 4) is 0 Å². The van der Waals surface area contributed by atoms with Crippen LogP contribution in [0.2, 0.25) is 5.02 Å². The monoisotopic (exact) mass is 334 g/mol. The molecule has 0 spiro atoms.